The van der Waals surface area contributed by atoms with Gasteiger partial charge in [-0.2, -0.15) is 5.26 Å². The molecule has 1 aromatic carbocycles. The number of rotatable bonds is 5. The monoisotopic (exact) mass is 390 g/mol. The first kappa shape index (κ1) is 18.7. The number of hydrogen-bond donors (Lipinski definition) is 2. The van der Waals surface area contributed by atoms with Crippen molar-refractivity contribution in [3.8, 4) is 23.1 Å². The summed E-state index contributed by atoms with van der Waals surface area (Å²) in [7, 11) is 0. The molecular weight excluding hydrogens is 370 g/mol. The summed E-state index contributed by atoms with van der Waals surface area (Å²) in [5.41, 5.74) is 2.57. The Morgan fingerprint density at radius 2 is 2.10 bits per heavy atom. The number of ether oxygens (including phenoxy) is 2. The number of nitriles is 1. The number of benzene rings is 1. The maximum atomic E-state index is 9.57. The second-order valence-electron chi connectivity index (χ2n) is 6.62. The Balaban J connectivity index is 1.55. The Labute approximate surface area is 168 Å². The highest BCUT2D eigenvalue weighted by Gasteiger charge is 2.17. The first-order chi connectivity index (χ1) is 14.2. The van der Waals surface area contributed by atoms with Crippen LogP contribution in [-0.4, -0.2) is 34.5 Å². The van der Waals surface area contributed by atoms with Crippen molar-refractivity contribution >= 4 is 11.6 Å². The quantitative estimate of drug-likeness (QED) is 0.510. The molecule has 3 heterocycles. The van der Waals surface area contributed by atoms with Crippen molar-refractivity contribution in [3.05, 3.63) is 60.6 Å². The normalized spacial score (nSPS) is 14.2. The summed E-state index contributed by atoms with van der Waals surface area (Å²) < 4.78 is 12.3. The van der Waals surface area contributed by atoms with Crippen molar-refractivity contribution in [2.45, 2.75) is 18.9 Å². The molecule has 0 saturated carbocycles. The molecule has 29 heavy (non-hydrogen) atoms. The molecule has 1 aliphatic rings. The summed E-state index contributed by atoms with van der Waals surface area (Å²) in [6.45, 7) is 1.36. The van der Waals surface area contributed by atoms with E-state index in [1.807, 2.05) is 12.1 Å². The third-order valence-electron chi connectivity index (χ3n) is 4.56. The Hall–Kier alpha value is -3.70. The molecule has 0 spiro atoms. The molecule has 8 heteroatoms. The van der Waals surface area contributed by atoms with Crippen LogP contribution >= 0.6 is 0 Å². The lowest BCUT2D eigenvalue weighted by Crippen LogP contribution is -2.28. The van der Waals surface area contributed by atoms with Crippen LogP contribution in [0.3, 0.4) is 0 Å². The van der Waals surface area contributed by atoms with Gasteiger partial charge in [0, 0.05) is 35.4 Å². The number of nitrogens with one attached hydrogen (secondary N) is 1. The second kappa shape index (κ2) is 8.54. The lowest BCUT2D eigenvalue weighted by molar-refractivity contribution is -0.904. The third kappa shape index (κ3) is 4.59. The zero-order valence-electron chi connectivity index (χ0n) is 15.7. The van der Waals surface area contributed by atoms with E-state index >= 15 is 0 Å². The van der Waals surface area contributed by atoms with E-state index in [0.29, 0.717) is 41.9 Å². The van der Waals surface area contributed by atoms with Gasteiger partial charge in [-0.15, -0.1) is 0 Å². The summed E-state index contributed by atoms with van der Waals surface area (Å²) in [4.78, 5) is 8.72. The highest BCUT2D eigenvalue weighted by molar-refractivity contribution is 5.65. The van der Waals surface area contributed by atoms with Gasteiger partial charge < -0.3 is 14.8 Å². The van der Waals surface area contributed by atoms with Crippen molar-refractivity contribution in [2.24, 2.45) is 0 Å². The molecule has 8 nitrogen and oxygen atoms in total. The van der Waals surface area contributed by atoms with E-state index in [1.165, 1.54) is 12.4 Å². The SMILES string of the molecule is N#Cc1cc(-c2ccnc(Nc3ccc[n+](O)c3)n2)ccc1OC1CCOCC1. The van der Waals surface area contributed by atoms with Crippen molar-refractivity contribution in [2.75, 3.05) is 18.5 Å². The smallest absolute Gasteiger partial charge is 0.245 e. The van der Waals surface area contributed by atoms with Gasteiger partial charge in [-0.3, -0.25) is 5.21 Å². The molecule has 1 saturated heterocycles. The van der Waals surface area contributed by atoms with Gasteiger partial charge in [-0.1, -0.05) is 0 Å². The summed E-state index contributed by atoms with van der Waals surface area (Å²) in [5.74, 6) is 0.960. The lowest BCUT2D eigenvalue weighted by atomic mass is 10.1. The van der Waals surface area contributed by atoms with Crippen LogP contribution in [0.15, 0.2) is 55.0 Å². The van der Waals surface area contributed by atoms with E-state index in [1.54, 1.807) is 30.5 Å². The van der Waals surface area contributed by atoms with Crippen LogP contribution < -0.4 is 14.8 Å². The first-order valence-corrected chi connectivity index (χ1v) is 9.31. The van der Waals surface area contributed by atoms with E-state index in [9.17, 15) is 10.5 Å². The zero-order valence-corrected chi connectivity index (χ0v) is 15.7. The number of nitrogens with zero attached hydrogens (tertiary/aromatic N) is 4. The molecule has 1 fully saturated rings. The molecule has 0 bridgehead atoms. The molecule has 0 amide bonds. The van der Waals surface area contributed by atoms with Crippen LogP contribution in [0.1, 0.15) is 18.4 Å². The first-order valence-electron chi connectivity index (χ1n) is 9.31. The molecular formula is C21H20N5O3+. The molecule has 1 aliphatic heterocycles. The highest BCUT2D eigenvalue weighted by atomic mass is 16.5. The van der Waals surface area contributed by atoms with Crippen LogP contribution in [0.5, 0.6) is 5.75 Å². The van der Waals surface area contributed by atoms with Crippen LogP contribution in [-0.2, 0) is 4.74 Å². The topological polar surface area (TPSA) is 104 Å². The van der Waals surface area contributed by atoms with E-state index in [4.69, 9.17) is 9.47 Å². The minimum absolute atomic E-state index is 0.0664. The molecule has 2 N–H and O–H groups in total. The fourth-order valence-electron chi connectivity index (χ4n) is 3.10. The molecule has 0 aliphatic carbocycles. The summed E-state index contributed by atoms with van der Waals surface area (Å²) in [5, 5.41) is 22.1. The largest absolute Gasteiger partial charge is 0.489 e. The van der Waals surface area contributed by atoms with Crippen LogP contribution in [0.25, 0.3) is 11.3 Å². The predicted molar refractivity (Wildman–Crippen MR) is 104 cm³/mol. The van der Waals surface area contributed by atoms with Gasteiger partial charge in [0.25, 0.3) is 0 Å². The zero-order chi connectivity index (χ0) is 20.1. The molecule has 3 aromatic rings. The molecule has 0 unspecified atom stereocenters. The predicted octanol–water partition coefficient (Wildman–Crippen LogP) is 2.84. The number of hydrogen-bond acceptors (Lipinski definition) is 7. The highest BCUT2D eigenvalue weighted by Crippen LogP contribution is 2.28. The number of aromatic nitrogens is 3. The molecule has 146 valence electrons. The minimum Gasteiger partial charge on any atom is -0.489 e. The molecule has 0 atom stereocenters. The molecule has 4 rings (SSSR count). The summed E-state index contributed by atoms with van der Waals surface area (Å²) in [6.07, 6.45) is 6.36. The van der Waals surface area contributed by atoms with E-state index in [0.717, 1.165) is 23.1 Å². The fraction of sp³-hybridized carbons (Fsp3) is 0.238. The average molecular weight is 390 g/mol. The Kier molecular flexibility index (Phi) is 5.49. The van der Waals surface area contributed by atoms with E-state index in [2.05, 4.69) is 21.4 Å². The van der Waals surface area contributed by atoms with Crippen molar-refractivity contribution in [3.63, 3.8) is 0 Å². The van der Waals surface area contributed by atoms with E-state index < -0.39 is 0 Å². The summed E-state index contributed by atoms with van der Waals surface area (Å²) >= 11 is 0. The maximum Gasteiger partial charge on any atom is 0.245 e. The van der Waals surface area contributed by atoms with Gasteiger partial charge in [0.05, 0.1) is 24.5 Å². The van der Waals surface area contributed by atoms with Crippen molar-refractivity contribution in [1.82, 2.24) is 9.97 Å². The Morgan fingerprint density at radius 1 is 1.24 bits per heavy atom. The third-order valence-corrected chi connectivity index (χ3v) is 4.56. The second-order valence-corrected chi connectivity index (χ2v) is 6.62. The minimum atomic E-state index is 0.0664. The van der Waals surface area contributed by atoms with Crippen LogP contribution in [0.4, 0.5) is 11.6 Å². The number of anilines is 2. The average Bonchev–Trinajstić information content (AvgIpc) is 2.75. The Bertz CT molecular complexity index is 1040. The van der Waals surface area contributed by atoms with Gasteiger partial charge in [-0.05, 0) is 30.3 Å². The fourth-order valence-corrected chi connectivity index (χ4v) is 3.10. The van der Waals surface area contributed by atoms with Gasteiger partial charge in [0.2, 0.25) is 18.3 Å². The van der Waals surface area contributed by atoms with Crippen molar-refractivity contribution in [1.29, 1.82) is 5.26 Å². The molecule has 2 aromatic heterocycles. The van der Waals surface area contributed by atoms with Crippen LogP contribution in [0.2, 0.25) is 0 Å². The van der Waals surface area contributed by atoms with Gasteiger partial charge in [0.15, 0.2) is 0 Å². The standard InChI is InChI=1S/C21H20N5O3/c22-13-16-12-15(3-4-20(16)29-18-6-10-28-11-7-18)19-5-8-23-21(25-19)24-17-2-1-9-26(27)14-17/h1-5,8-9,12,14,18,27H,6-7,10-11H2,(H,23,24,25)/q+1. The molecule has 0 radical (unpaired) electrons. The Morgan fingerprint density at radius 3 is 2.90 bits per heavy atom. The van der Waals surface area contributed by atoms with E-state index in [-0.39, 0.29) is 6.10 Å². The van der Waals surface area contributed by atoms with Crippen molar-refractivity contribution < 1.29 is 19.4 Å². The lowest BCUT2D eigenvalue weighted by Gasteiger charge is -2.23. The number of pyridine rings is 1. The van der Waals surface area contributed by atoms with Gasteiger partial charge in [0.1, 0.15) is 23.6 Å². The van der Waals surface area contributed by atoms with Gasteiger partial charge >= 0.3 is 0 Å². The van der Waals surface area contributed by atoms with Crippen LogP contribution in [0, 0.1) is 11.3 Å². The summed E-state index contributed by atoms with van der Waals surface area (Å²) in [6, 6.07) is 12.9. The maximum absolute atomic E-state index is 9.57. The van der Waals surface area contributed by atoms with Gasteiger partial charge in [-0.25, -0.2) is 9.97 Å².